The minimum Gasteiger partial charge on any atom is -0.353 e. The molecule has 0 bridgehead atoms. The molecule has 1 amide bonds. The molecule has 2 rings (SSSR count). The molecule has 25 heavy (non-hydrogen) atoms. The van der Waals surface area contributed by atoms with E-state index >= 15 is 0 Å². The lowest BCUT2D eigenvalue weighted by Crippen LogP contribution is -2.50. The van der Waals surface area contributed by atoms with Crippen LogP contribution < -0.4 is 11.1 Å². The summed E-state index contributed by atoms with van der Waals surface area (Å²) in [6.07, 6.45) is 9.87. The van der Waals surface area contributed by atoms with Crippen LogP contribution in [0.2, 0.25) is 0 Å². The van der Waals surface area contributed by atoms with Gasteiger partial charge in [-0.3, -0.25) is 4.79 Å². The molecule has 0 aliphatic carbocycles. The summed E-state index contributed by atoms with van der Waals surface area (Å²) in [6.45, 7) is 5.52. The molecule has 0 radical (unpaired) electrons. The van der Waals surface area contributed by atoms with E-state index in [-0.39, 0.29) is 30.7 Å². The van der Waals surface area contributed by atoms with E-state index in [9.17, 15) is 4.79 Å². The van der Waals surface area contributed by atoms with E-state index in [4.69, 9.17) is 5.73 Å². The molecule has 2 aliphatic heterocycles. The second kappa shape index (κ2) is 14.0. The Morgan fingerprint density at radius 1 is 0.960 bits per heavy atom. The third-order valence-corrected chi connectivity index (χ3v) is 5.46. The van der Waals surface area contributed by atoms with Gasteiger partial charge in [-0.2, -0.15) is 0 Å². The monoisotopic (exact) mass is 396 g/mol. The normalized spacial score (nSPS) is 20.6. The highest BCUT2D eigenvalue weighted by Crippen LogP contribution is 2.20. The van der Waals surface area contributed by atoms with Crippen molar-refractivity contribution in [1.29, 1.82) is 0 Å². The van der Waals surface area contributed by atoms with Crippen LogP contribution in [0.4, 0.5) is 0 Å². The highest BCUT2D eigenvalue weighted by atomic mass is 35.5. The summed E-state index contributed by atoms with van der Waals surface area (Å²) in [7, 11) is 2.22. The van der Waals surface area contributed by atoms with Crippen molar-refractivity contribution in [2.24, 2.45) is 5.73 Å². The van der Waals surface area contributed by atoms with Crippen LogP contribution in [0.3, 0.4) is 0 Å². The molecule has 0 aromatic rings. The first-order chi connectivity index (χ1) is 11.2. The van der Waals surface area contributed by atoms with Gasteiger partial charge >= 0.3 is 0 Å². The number of hydrogen-bond donors (Lipinski definition) is 2. The van der Waals surface area contributed by atoms with E-state index in [2.05, 4.69) is 22.2 Å². The van der Waals surface area contributed by atoms with E-state index in [1.54, 1.807) is 0 Å². The molecule has 2 saturated heterocycles. The zero-order chi connectivity index (χ0) is 16.5. The Bertz CT molecular complexity index is 344. The lowest BCUT2D eigenvalue weighted by atomic mass is 9.98. The summed E-state index contributed by atoms with van der Waals surface area (Å²) >= 11 is 0. The summed E-state index contributed by atoms with van der Waals surface area (Å²) in [4.78, 5) is 17.1. The number of carbonyl (C=O) groups excluding carboxylic acids is 1. The van der Waals surface area contributed by atoms with E-state index in [1.807, 2.05) is 0 Å². The molecule has 5 nitrogen and oxygen atoms in total. The summed E-state index contributed by atoms with van der Waals surface area (Å²) in [5.41, 5.74) is 5.48. The van der Waals surface area contributed by atoms with Crippen LogP contribution in [0.1, 0.15) is 57.8 Å². The van der Waals surface area contributed by atoms with Gasteiger partial charge < -0.3 is 20.9 Å². The summed E-state index contributed by atoms with van der Waals surface area (Å²) in [5, 5.41) is 3.24. The maximum Gasteiger partial charge on any atom is 0.220 e. The standard InChI is InChI=1S/C18H36N4O.2ClH/c1-21-12-9-17(10-13-21)22-14-7-16(8-15-22)20-18(23)6-4-2-3-5-11-19;;/h16-17H,2-15,19H2,1H3,(H,20,23);2*1H. The van der Waals surface area contributed by atoms with Crippen molar-refractivity contribution in [3.63, 3.8) is 0 Å². The summed E-state index contributed by atoms with van der Waals surface area (Å²) in [6, 6.07) is 1.17. The van der Waals surface area contributed by atoms with Crippen molar-refractivity contribution in [3.8, 4) is 0 Å². The zero-order valence-electron chi connectivity index (χ0n) is 15.8. The number of nitrogens with zero attached hydrogens (tertiary/aromatic N) is 2. The average Bonchev–Trinajstić information content (AvgIpc) is 2.56. The van der Waals surface area contributed by atoms with Crippen LogP contribution in [0.15, 0.2) is 0 Å². The molecule has 2 fully saturated rings. The molecule has 7 heteroatoms. The van der Waals surface area contributed by atoms with E-state index in [0.29, 0.717) is 12.5 Å². The fourth-order valence-electron chi connectivity index (χ4n) is 3.85. The summed E-state index contributed by atoms with van der Waals surface area (Å²) < 4.78 is 0. The molecule has 2 heterocycles. The van der Waals surface area contributed by atoms with Crippen molar-refractivity contribution < 1.29 is 4.79 Å². The first kappa shape index (κ1) is 24.9. The van der Waals surface area contributed by atoms with Crippen molar-refractivity contribution in [3.05, 3.63) is 0 Å². The van der Waals surface area contributed by atoms with Crippen LogP contribution in [0, 0.1) is 0 Å². The zero-order valence-corrected chi connectivity index (χ0v) is 17.4. The lowest BCUT2D eigenvalue weighted by Gasteiger charge is -2.41. The molecule has 0 unspecified atom stereocenters. The number of piperidine rings is 2. The van der Waals surface area contributed by atoms with Crippen LogP contribution in [0.5, 0.6) is 0 Å². The van der Waals surface area contributed by atoms with Gasteiger partial charge in [-0.25, -0.2) is 0 Å². The summed E-state index contributed by atoms with van der Waals surface area (Å²) in [5.74, 6) is 0.246. The number of nitrogens with one attached hydrogen (secondary N) is 1. The molecule has 3 N–H and O–H groups in total. The fraction of sp³-hybridized carbons (Fsp3) is 0.944. The van der Waals surface area contributed by atoms with Crippen molar-refractivity contribution in [2.45, 2.75) is 69.9 Å². The van der Waals surface area contributed by atoms with E-state index in [1.165, 1.54) is 25.9 Å². The fourth-order valence-corrected chi connectivity index (χ4v) is 3.85. The first-order valence-corrected chi connectivity index (χ1v) is 9.61. The van der Waals surface area contributed by atoms with Gasteiger partial charge in [0.2, 0.25) is 5.91 Å². The van der Waals surface area contributed by atoms with Gasteiger partial charge in [-0.1, -0.05) is 12.8 Å². The number of amides is 1. The highest BCUT2D eigenvalue weighted by Gasteiger charge is 2.27. The lowest BCUT2D eigenvalue weighted by molar-refractivity contribution is -0.122. The average molecular weight is 397 g/mol. The molecule has 0 aromatic carbocycles. The molecule has 0 atom stereocenters. The second-order valence-electron chi connectivity index (χ2n) is 7.37. The number of halogens is 2. The minimum atomic E-state index is 0. The van der Waals surface area contributed by atoms with Gasteiger partial charge in [0.1, 0.15) is 0 Å². The Morgan fingerprint density at radius 2 is 1.56 bits per heavy atom. The van der Waals surface area contributed by atoms with Gasteiger partial charge in [0.25, 0.3) is 0 Å². The number of carbonyl (C=O) groups is 1. The Hall–Kier alpha value is -0.0700. The predicted molar refractivity (Wildman–Crippen MR) is 110 cm³/mol. The topological polar surface area (TPSA) is 61.6 Å². The van der Waals surface area contributed by atoms with Crippen molar-refractivity contribution >= 4 is 30.7 Å². The Labute approximate surface area is 166 Å². The van der Waals surface area contributed by atoms with Gasteiger partial charge in [-0.05, 0) is 65.2 Å². The maximum atomic E-state index is 12.0. The van der Waals surface area contributed by atoms with Crippen molar-refractivity contribution in [2.75, 3.05) is 39.8 Å². The van der Waals surface area contributed by atoms with Crippen LogP contribution >= 0.6 is 24.8 Å². The third kappa shape index (κ3) is 9.43. The van der Waals surface area contributed by atoms with Gasteiger partial charge in [-0.15, -0.1) is 24.8 Å². The molecular weight excluding hydrogens is 359 g/mol. The minimum absolute atomic E-state index is 0. The first-order valence-electron chi connectivity index (χ1n) is 9.61. The number of nitrogens with two attached hydrogens (primary N) is 1. The van der Waals surface area contributed by atoms with Crippen molar-refractivity contribution in [1.82, 2.24) is 15.1 Å². The smallest absolute Gasteiger partial charge is 0.220 e. The quantitative estimate of drug-likeness (QED) is 0.618. The molecule has 0 saturated carbocycles. The molecule has 0 aromatic heterocycles. The Morgan fingerprint density at radius 3 is 2.16 bits per heavy atom. The highest BCUT2D eigenvalue weighted by molar-refractivity contribution is 5.85. The van der Waals surface area contributed by atoms with Gasteiger partial charge in [0.15, 0.2) is 0 Å². The molecule has 0 spiro atoms. The largest absolute Gasteiger partial charge is 0.353 e. The predicted octanol–water partition coefficient (Wildman–Crippen LogP) is 2.41. The number of unbranched alkanes of at least 4 members (excludes halogenated alkanes) is 3. The Kier molecular flexibility index (Phi) is 14.0. The third-order valence-electron chi connectivity index (χ3n) is 5.46. The van der Waals surface area contributed by atoms with E-state index < -0.39 is 0 Å². The number of hydrogen-bond acceptors (Lipinski definition) is 4. The van der Waals surface area contributed by atoms with Gasteiger partial charge in [0, 0.05) is 31.6 Å². The SMILES string of the molecule is CN1CCC(N2CCC(NC(=O)CCCCCCN)CC2)CC1.Cl.Cl. The van der Waals surface area contributed by atoms with E-state index in [0.717, 1.165) is 64.2 Å². The molecule has 150 valence electrons. The molecule has 2 aliphatic rings. The maximum absolute atomic E-state index is 12.0. The van der Waals surface area contributed by atoms with Crippen LogP contribution in [-0.4, -0.2) is 67.6 Å². The second-order valence-corrected chi connectivity index (χ2v) is 7.37. The Balaban J connectivity index is 0.00000288. The number of likely N-dealkylation sites (tertiary alicyclic amines) is 2. The van der Waals surface area contributed by atoms with Crippen LogP contribution in [-0.2, 0) is 4.79 Å². The van der Waals surface area contributed by atoms with Crippen LogP contribution in [0.25, 0.3) is 0 Å². The van der Waals surface area contributed by atoms with Gasteiger partial charge in [0.05, 0.1) is 0 Å². The molecular formula is C18H38Cl2N4O. The number of rotatable bonds is 8.